The van der Waals surface area contributed by atoms with E-state index in [-0.39, 0.29) is 5.75 Å². The minimum atomic E-state index is 0.272. The van der Waals surface area contributed by atoms with Crippen molar-refractivity contribution < 1.29 is 5.11 Å². The van der Waals surface area contributed by atoms with Gasteiger partial charge in [-0.25, -0.2) is 4.98 Å². The molecule has 82 valence electrons. The molecule has 0 saturated carbocycles. The number of phenolic OH excluding ortho intramolecular Hbond substituents is 1. The Labute approximate surface area is 98.7 Å². The zero-order valence-corrected chi connectivity index (χ0v) is 9.28. The molecule has 1 heterocycles. The van der Waals surface area contributed by atoms with Gasteiger partial charge in [-0.1, -0.05) is 23.7 Å². The second-order valence-corrected chi connectivity index (χ2v) is 3.78. The molecule has 0 radical (unpaired) electrons. The fourth-order valence-corrected chi connectivity index (χ4v) is 1.46. The molecular weight excluding hydrogens is 224 g/mol. The summed E-state index contributed by atoms with van der Waals surface area (Å²) in [6, 6.07) is 10.7. The van der Waals surface area contributed by atoms with Gasteiger partial charge in [0.2, 0.25) is 0 Å². The van der Waals surface area contributed by atoms with E-state index < -0.39 is 0 Å². The normalized spacial score (nSPS) is 10.1. The number of nitrogens with zero attached hydrogens (tertiary/aromatic N) is 1. The topological polar surface area (TPSA) is 45.1 Å². The van der Waals surface area contributed by atoms with Crippen molar-refractivity contribution in [3.8, 4) is 5.75 Å². The smallest absolute Gasteiger partial charge is 0.129 e. The summed E-state index contributed by atoms with van der Waals surface area (Å²) in [7, 11) is 0. The van der Waals surface area contributed by atoms with Gasteiger partial charge in [-0.3, -0.25) is 0 Å². The van der Waals surface area contributed by atoms with Crippen LogP contribution in [0.4, 0.5) is 5.69 Å². The highest BCUT2D eigenvalue weighted by molar-refractivity contribution is 6.29. The lowest BCUT2D eigenvalue weighted by Crippen LogP contribution is -1.99. The molecule has 0 bridgehead atoms. The van der Waals surface area contributed by atoms with Gasteiger partial charge in [-0.15, -0.1) is 0 Å². The molecule has 0 aliphatic carbocycles. The minimum Gasteiger partial charge on any atom is -0.508 e. The van der Waals surface area contributed by atoms with Crippen molar-refractivity contribution in [3.05, 3.63) is 53.3 Å². The summed E-state index contributed by atoms with van der Waals surface area (Å²) < 4.78 is 0. The molecule has 2 N–H and O–H groups in total. The number of rotatable bonds is 3. The van der Waals surface area contributed by atoms with E-state index in [1.54, 1.807) is 24.4 Å². The van der Waals surface area contributed by atoms with Crippen LogP contribution in [0.25, 0.3) is 0 Å². The standard InChI is InChI=1S/C12H11ClN2O/c13-12-5-4-10(8-15-12)14-7-9-2-1-3-11(16)6-9/h1-6,8,14,16H,7H2. The third-order valence-corrected chi connectivity index (χ3v) is 2.36. The van der Waals surface area contributed by atoms with Crippen molar-refractivity contribution in [2.45, 2.75) is 6.54 Å². The zero-order chi connectivity index (χ0) is 11.4. The van der Waals surface area contributed by atoms with Gasteiger partial charge in [0.15, 0.2) is 0 Å². The fraction of sp³-hybridized carbons (Fsp3) is 0.0833. The van der Waals surface area contributed by atoms with Crippen molar-refractivity contribution in [1.82, 2.24) is 4.98 Å². The number of aromatic nitrogens is 1. The number of hydrogen-bond acceptors (Lipinski definition) is 3. The van der Waals surface area contributed by atoms with E-state index in [9.17, 15) is 5.11 Å². The zero-order valence-electron chi connectivity index (χ0n) is 8.52. The molecule has 0 fully saturated rings. The van der Waals surface area contributed by atoms with Crippen LogP contribution in [0.2, 0.25) is 5.15 Å². The van der Waals surface area contributed by atoms with E-state index in [1.807, 2.05) is 18.2 Å². The number of nitrogens with one attached hydrogen (secondary N) is 1. The second-order valence-electron chi connectivity index (χ2n) is 3.39. The molecule has 0 amide bonds. The molecule has 4 heteroatoms. The molecule has 1 aromatic carbocycles. The Morgan fingerprint density at radius 2 is 2.12 bits per heavy atom. The predicted octanol–water partition coefficient (Wildman–Crippen LogP) is 3.05. The highest BCUT2D eigenvalue weighted by Crippen LogP contribution is 2.14. The van der Waals surface area contributed by atoms with Gasteiger partial charge in [-0.2, -0.15) is 0 Å². The van der Waals surface area contributed by atoms with Crippen molar-refractivity contribution in [1.29, 1.82) is 0 Å². The Hall–Kier alpha value is -1.74. The van der Waals surface area contributed by atoms with Crippen molar-refractivity contribution in [2.75, 3.05) is 5.32 Å². The number of pyridine rings is 1. The van der Waals surface area contributed by atoms with Crippen LogP contribution in [0.5, 0.6) is 5.75 Å². The van der Waals surface area contributed by atoms with Crippen molar-refractivity contribution in [3.63, 3.8) is 0 Å². The molecule has 0 spiro atoms. The van der Waals surface area contributed by atoms with E-state index in [4.69, 9.17) is 11.6 Å². The molecule has 16 heavy (non-hydrogen) atoms. The van der Waals surface area contributed by atoms with Gasteiger partial charge in [0.25, 0.3) is 0 Å². The average molecular weight is 235 g/mol. The largest absolute Gasteiger partial charge is 0.508 e. The molecule has 0 unspecified atom stereocenters. The van der Waals surface area contributed by atoms with E-state index in [2.05, 4.69) is 10.3 Å². The van der Waals surface area contributed by atoms with Gasteiger partial charge in [0, 0.05) is 6.54 Å². The molecule has 2 aromatic rings. The number of hydrogen-bond donors (Lipinski definition) is 2. The first-order valence-electron chi connectivity index (χ1n) is 4.87. The van der Waals surface area contributed by atoms with E-state index >= 15 is 0 Å². The predicted molar refractivity (Wildman–Crippen MR) is 64.7 cm³/mol. The molecule has 0 saturated heterocycles. The third-order valence-electron chi connectivity index (χ3n) is 2.13. The quantitative estimate of drug-likeness (QED) is 0.803. The number of aromatic hydroxyl groups is 1. The lowest BCUT2D eigenvalue weighted by Gasteiger charge is -2.06. The lowest BCUT2D eigenvalue weighted by molar-refractivity contribution is 0.474. The third kappa shape index (κ3) is 2.87. The highest BCUT2D eigenvalue weighted by Gasteiger charge is 1.96. The number of benzene rings is 1. The molecule has 3 nitrogen and oxygen atoms in total. The van der Waals surface area contributed by atoms with Crippen LogP contribution in [0.15, 0.2) is 42.6 Å². The van der Waals surface area contributed by atoms with E-state index in [0.29, 0.717) is 11.7 Å². The summed E-state index contributed by atoms with van der Waals surface area (Å²) in [5, 5.41) is 12.9. The summed E-state index contributed by atoms with van der Waals surface area (Å²) in [6.07, 6.45) is 1.67. The van der Waals surface area contributed by atoms with Gasteiger partial charge in [0.05, 0.1) is 11.9 Å². The van der Waals surface area contributed by atoms with E-state index in [1.165, 1.54) is 0 Å². The Bertz CT molecular complexity index is 471. The Balaban J connectivity index is 1.99. The molecule has 2 rings (SSSR count). The van der Waals surface area contributed by atoms with Crippen LogP contribution in [0.1, 0.15) is 5.56 Å². The summed E-state index contributed by atoms with van der Waals surface area (Å²) in [5.41, 5.74) is 1.91. The van der Waals surface area contributed by atoms with Crippen molar-refractivity contribution in [2.24, 2.45) is 0 Å². The Morgan fingerprint density at radius 1 is 1.25 bits per heavy atom. The maximum atomic E-state index is 9.29. The van der Waals surface area contributed by atoms with Gasteiger partial charge < -0.3 is 10.4 Å². The first kappa shape index (κ1) is 10.8. The Morgan fingerprint density at radius 3 is 2.81 bits per heavy atom. The average Bonchev–Trinajstić information content (AvgIpc) is 2.28. The fourth-order valence-electron chi connectivity index (χ4n) is 1.35. The molecule has 0 aliphatic rings. The summed E-state index contributed by atoms with van der Waals surface area (Å²) in [4.78, 5) is 3.96. The minimum absolute atomic E-state index is 0.272. The molecule has 1 aromatic heterocycles. The first-order chi connectivity index (χ1) is 7.74. The van der Waals surface area contributed by atoms with Crippen LogP contribution in [0, 0.1) is 0 Å². The van der Waals surface area contributed by atoms with E-state index in [0.717, 1.165) is 11.3 Å². The number of halogens is 1. The highest BCUT2D eigenvalue weighted by atomic mass is 35.5. The van der Waals surface area contributed by atoms with Gasteiger partial charge in [0.1, 0.15) is 10.9 Å². The van der Waals surface area contributed by atoms with Crippen LogP contribution in [-0.2, 0) is 6.54 Å². The Kier molecular flexibility index (Phi) is 3.27. The van der Waals surface area contributed by atoms with Crippen LogP contribution < -0.4 is 5.32 Å². The maximum Gasteiger partial charge on any atom is 0.129 e. The summed E-state index contributed by atoms with van der Waals surface area (Å²) in [6.45, 7) is 0.637. The SMILES string of the molecule is Oc1cccc(CNc2ccc(Cl)nc2)c1. The van der Waals surface area contributed by atoms with Crippen LogP contribution in [-0.4, -0.2) is 10.1 Å². The molecular formula is C12H11ClN2O. The van der Waals surface area contributed by atoms with Crippen molar-refractivity contribution >= 4 is 17.3 Å². The first-order valence-corrected chi connectivity index (χ1v) is 5.25. The number of phenols is 1. The van der Waals surface area contributed by atoms with Crippen LogP contribution >= 0.6 is 11.6 Å². The monoisotopic (exact) mass is 234 g/mol. The van der Waals surface area contributed by atoms with Crippen LogP contribution in [0.3, 0.4) is 0 Å². The lowest BCUT2D eigenvalue weighted by atomic mass is 10.2. The van der Waals surface area contributed by atoms with Gasteiger partial charge >= 0.3 is 0 Å². The molecule has 0 aliphatic heterocycles. The summed E-state index contributed by atoms with van der Waals surface area (Å²) >= 11 is 5.68. The maximum absolute atomic E-state index is 9.29. The number of anilines is 1. The molecule has 0 atom stereocenters. The summed E-state index contributed by atoms with van der Waals surface area (Å²) in [5.74, 6) is 0.272. The second kappa shape index (κ2) is 4.86. The van der Waals surface area contributed by atoms with Gasteiger partial charge in [-0.05, 0) is 29.8 Å².